The summed E-state index contributed by atoms with van der Waals surface area (Å²) in [6, 6.07) is 13.6. The molecule has 0 aliphatic heterocycles. The lowest BCUT2D eigenvalue weighted by molar-refractivity contribution is -0.144. The molecular formula is C28H24Cl2F4N4O4S. The Bertz CT molecular complexity index is 1740. The van der Waals surface area contributed by atoms with Crippen LogP contribution in [0, 0.1) is 5.82 Å². The molecule has 0 spiro atoms. The van der Waals surface area contributed by atoms with Gasteiger partial charge in [-0.2, -0.15) is 13.2 Å². The SMILES string of the molecule is COc1ccc(CN(c2ccnc(C(F)(F)F)n2)S(=O)(=O)c2cc(Cl)c(N[C@@H](C)c3ccccc3Cl)cc2F)c(OC)c1. The van der Waals surface area contributed by atoms with Crippen molar-refractivity contribution in [2.75, 3.05) is 23.8 Å². The number of hydrogen-bond acceptors (Lipinski definition) is 7. The first-order chi connectivity index (χ1) is 20.3. The number of rotatable bonds is 10. The van der Waals surface area contributed by atoms with Crippen LogP contribution in [-0.2, 0) is 22.7 Å². The fourth-order valence-electron chi connectivity index (χ4n) is 4.14. The van der Waals surface area contributed by atoms with Gasteiger partial charge >= 0.3 is 6.18 Å². The maximum Gasteiger partial charge on any atom is 0.451 e. The van der Waals surface area contributed by atoms with Crippen molar-refractivity contribution in [2.24, 2.45) is 0 Å². The normalized spacial score (nSPS) is 12.5. The molecule has 0 saturated carbocycles. The zero-order valence-corrected chi connectivity index (χ0v) is 25.1. The first-order valence-electron chi connectivity index (χ1n) is 12.4. The number of anilines is 2. The monoisotopic (exact) mass is 658 g/mol. The Labute approximate surface area is 255 Å². The maximum atomic E-state index is 15.6. The van der Waals surface area contributed by atoms with E-state index >= 15 is 4.39 Å². The van der Waals surface area contributed by atoms with E-state index in [2.05, 4.69) is 15.3 Å². The molecule has 1 N–H and O–H groups in total. The lowest BCUT2D eigenvalue weighted by atomic mass is 10.1. The average molecular weight is 659 g/mol. The summed E-state index contributed by atoms with van der Waals surface area (Å²) < 4.78 is 95.0. The highest BCUT2D eigenvalue weighted by atomic mass is 35.5. The van der Waals surface area contributed by atoms with Crippen LogP contribution in [0.2, 0.25) is 10.0 Å². The molecule has 0 unspecified atom stereocenters. The molecule has 0 saturated heterocycles. The average Bonchev–Trinajstić information content (AvgIpc) is 2.97. The van der Waals surface area contributed by atoms with Crippen LogP contribution in [0.1, 0.15) is 29.9 Å². The van der Waals surface area contributed by atoms with Gasteiger partial charge in [-0.25, -0.2) is 27.1 Å². The van der Waals surface area contributed by atoms with Gasteiger partial charge in [-0.15, -0.1) is 0 Å². The number of hydrogen-bond donors (Lipinski definition) is 1. The number of nitrogens with zero attached hydrogens (tertiary/aromatic N) is 3. The Balaban J connectivity index is 1.80. The van der Waals surface area contributed by atoms with E-state index in [0.29, 0.717) is 20.6 Å². The highest BCUT2D eigenvalue weighted by Gasteiger charge is 2.37. The van der Waals surface area contributed by atoms with E-state index in [1.807, 2.05) is 0 Å². The molecule has 43 heavy (non-hydrogen) atoms. The molecule has 0 aliphatic carbocycles. The van der Waals surface area contributed by atoms with Gasteiger partial charge in [-0.3, -0.25) is 0 Å². The van der Waals surface area contributed by atoms with Gasteiger partial charge < -0.3 is 14.8 Å². The molecule has 4 aromatic rings. The standard InChI is InChI=1S/C28H24Cl2F4N4O4S/c1-16(19-6-4-5-7-20(19)29)36-23-14-22(31)25(13-21(23)30)43(39,40)38(26-10-11-35-27(37-26)28(32,33)34)15-17-8-9-18(41-2)12-24(17)42-3/h4-14,16,36H,15H2,1-3H3/t16-/m0/s1. The summed E-state index contributed by atoms with van der Waals surface area (Å²) in [5.74, 6) is -2.92. The van der Waals surface area contributed by atoms with Crippen LogP contribution in [0.3, 0.4) is 0 Å². The molecule has 1 aromatic heterocycles. The first kappa shape index (κ1) is 32.1. The molecule has 15 heteroatoms. The Morgan fingerprint density at radius 2 is 1.72 bits per heavy atom. The molecule has 0 aliphatic rings. The van der Waals surface area contributed by atoms with Crippen LogP contribution >= 0.6 is 23.2 Å². The molecule has 0 radical (unpaired) electrons. The third-order valence-corrected chi connectivity index (χ3v) is 8.71. The predicted octanol–water partition coefficient (Wildman–Crippen LogP) is 7.53. The van der Waals surface area contributed by atoms with Gasteiger partial charge in [0.25, 0.3) is 10.0 Å². The second kappa shape index (κ2) is 12.8. The van der Waals surface area contributed by atoms with Crippen LogP contribution in [0.25, 0.3) is 0 Å². The lowest BCUT2D eigenvalue weighted by Gasteiger charge is -2.26. The maximum absolute atomic E-state index is 15.6. The number of halogens is 6. The Kier molecular flexibility index (Phi) is 9.57. The fraction of sp³-hybridized carbons (Fsp3) is 0.214. The smallest absolute Gasteiger partial charge is 0.451 e. The summed E-state index contributed by atoms with van der Waals surface area (Å²) in [6.45, 7) is 1.15. The van der Waals surface area contributed by atoms with Crippen LogP contribution in [0.5, 0.6) is 11.5 Å². The third kappa shape index (κ3) is 7.06. The third-order valence-electron chi connectivity index (χ3n) is 6.29. The number of benzene rings is 3. The number of alkyl halides is 3. The van der Waals surface area contributed by atoms with Crippen LogP contribution in [-0.4, -0.2) is 32.6 Å². The van der Waals surface area contributed by atoms with Crippen molar-refractivity contribution in [1.29, 1.82) is 0 Å². The summed E-state index contributed by atoms with van der Waals surface area (Å²) in [4.78, 5) is 5.74. The van der Waals surface area contributed by atoms with E-state index < -0.39 is 51.1 Å². The molecule has 0 bridgehead atoms. The van der Waals surface area contributed by atoms with Crippen LogP contribution < -0.4 is 19.1 Å². The van der Waals surface area contributed by atoms with E-state index in [1.165, 1.54) is 32.4 Å². The van der Waals surface area contributed by atoms with Crippen molar-refractivity contribution in [1.82, 2.24) is 9.97 Å². The molecule has 0 fully saturated rings. The van der Waals surface area contributed by atoms with Crippen LogP contribution in [0.15, 0.2) is 71.8 Å². The topological polar surface area (TPSA) is 93.7 Å². The molecule has 1 heterocycles. The minimum Gasteiger partial charge on any atom is -0.497 e. The van der Waals surface area contributed by atoms with Gasteiger partial charge in [-0.1, -0.05) is 41.4 Å². The van der Waals surface area contributed by atoms with Crippen molar-refractivity contribution in [2.45, 2.75) is 30.6 Å². The predicted molar refractivity (Wildman–Crippen MR) is 155 cm³/mol. The molecule has 8 nitrogen and oxygen atoms in total. The minimum atomic E-state index is -4.98. The number of ether oxygens (including phenoxy) is 2. The molecular weight excluding hydrogens is 635 g/mol. The van der Waals surface area contributed by atoms with Crippen molar-refractivity contribution in [3.63, 3.8) is 0 Å². The zero-order chi connectivity index (χ0) is 31.5. The Hall–Kier alpha value is -3.81. The van der Waals surface area contributed by atoms with E-state index in [1.54, 1.807) is 31.2 Å². The summed E-state index contributed by atoms with van der Waals surface area (Å²) >= 11 is 12.7. The van der Waals surface area contributed by atoms with Gasteiger partial charge in [0.15, 0.2) is 0 Å². The van der Waals surface area contributed by atoms with Crippen molar-refractivity contribution in [3.8, 4) is 11.5 Å². The second-order valence-electron chi connectivity index (χ2n) is 9.08. The Morgan fingerprint density at radius 1 is 1.00 bits per heavy atom. The summed E-state index contributed by atoms with van der Waals surface area (Å²) in [5, 5.41) is 3.28. The van der Waals surface area contributed by atoms with Crippen LogP contribution in [0.4, 0.5) is 29.1 Å². The molecule has 0 amide bonds. The number of nitrogens with one attached hydrogen (secondary N) is 1. The molecule has 228 valence electrons. The number of aromatic nitrogens is 2. The van der Waals surface area contributed by atoms with Gasteiger partial charge in [0, 0.05) is 28.9 Å². The first-order valence-corrected chi connectivity index (χ1v) is 14.6. The second-order valence-corrected chi connectivity index (χ2v) is 11.7. The largest absolute Gasteiger partial charge is 0.497 e. The lowest BCUT2D eigenvalue weighted by Crippen LogP contribution is -2.33. The van der Waals surface area contributed by atoms with E-state index in [0.717, 1.165) is 24.4 Å². The zero-order valence-electron chi connectivity index (χ0n) is 22.8. The molecule has 3 aromatic carbocycles. The van der Waals surface area contributed by atoms with Gasteiger partial charge in [0.05, 0.1) is 37.5 Å². The van der Waals surface area contributed by atoms with Crippen molar-refractivity contribution in [3.05, 3.63) is 99.7 Å². The molecule has 4 rings (SSSR count). The van der Waals surface area contributed by atoms with E-state index in [9.17, 15) is 21.6 Å². The summed E-state index contributed by atoms with van der Waals surface area (Å²) in [5.41, 5.74) is 0.967. The quantitative estimate of drug-likeness (QED) is 0.176. The highest BCUT2D eigenvalue weighted by molar-refractivity contribution is 7.92. The fourth-order valence-corrected chi connectivity index (χ4v) is 6.19. The number of sulfonamides is 1. The summed E-state index contributed by atoms with van der Waals surface area (Å²) in [7, 11) is -2.21. The molecule has 1 atom stereocenters. The van der Waals surface area contributed by atoms with Gasteiger partial charge in [-0.05, 0) is 42.8 Å². The van der Waals surface area contributed by atoms with E-state index in [4.69, 9.17) is 32.7 Å². The number of methoxy groups -OCH3 is 2. The summed E-state index contributed by atoms with van der Waals surface area (Å²) in [6.07, 6.45) is -4.23. The van der Waals surface area contributed by atoms with E-state index in [-0.39, 0.29) is 22.0 Å². The minimum absolute atomic E-state index is 0.0651. The van der Waals surface area contributed by atoms with Gasteiger partial charge in [0.1, 0.15) is 28.0 Å². The van der Waals surface area contributed by atoms with Gasteiger partial charge in [0.2, 0.25) is 5.82 Å². The Morgan fingerprint density at radius 3 is 2.37 bits per heavy atom. The highest BCUT2D eigenvalue weighted by Crippen LogP contribution is 2.36. The van der Waals surface area contributed by atoms with Crippen molar-refractivity contribution < 1.29 is 35.5 Å². The van der Waals surface area contributed by atoms with Crippen molar-refractivity contribution >= 4 is 44.7 Å².